The molecule has 2 heterocycles. The second-order valence-electron chi connectivity index (χ2n) is 6.86. The third-order valence-corrected chi connectivity index (χ3v) is 5.38. The van der Waals surface area contributed by atoms with Gasteiger partial charge in [-0.05, 0) is 56.8 Å². The Kier molecular flexibility index (Phi) is 4.77. The molecule has 0 aliphatic carbocycles. The molecule has 0 unspecified atom stereocenters. The van der Waals surface area contributed by atoms with Crippen molar-refractivity contribution in [1.82, 2.24) is 4.90 Å². The van der Waals surface area contributed by atoms with Gasteiger partial charge in [0, 0.05) is 30.9 Å². The Morgan fingerprint density at radius 1 is 1.05 bits per heavy atom. The van der Waals surface area contributed by atoms with E-state index in [9.17, 15) is 0 Å². The van der Waals surface area contributed by atoms with Crippen LogP contribution in [-0.4, -0.2) is 44.2 Å². The summed E-state index contributed by atoms with van der Waals surface area (Å²) in [6, 6.07) is 6.91. The van der Waals surface area contributed by atoms with Gasteiger partial charge in [-0.2, -0.15) is 0 Å². The van der Waals surface area contributed by atoms with Gasteiger partial charge in [0.2, 0.25) is 0 Å². The van der Waals surface area contributed by atoms with E-state index < -0.39 is 0 Å². The Labute approximate surface area is 134 Å². The van der Waals surface area contributed by atoms with Crippen LogP contribution in [-0.2, 0) is 0 Å². The summed E-state index contributed by atoms with van der Waals surface area (Å²) in [6.45, 7) is 7.23. The molecule has 0 radical (unpaired) electrons. The molecule has 1 aromatic carbocycles. The maximum absolute atomic E-state index is 5.91. The average molecular weight is 303 g/mol. The van der Waals surface area contributed by atoms with Gasteiger partial charge in [-0.3, -0.25) is 0 Å². The predicted molar refractivity (Wildman–Crippen MR) is 92.6 cm³/mol. The molecule has 4 heteroatoms. The molecule has 0 amide bonds. The summed E-state index contributed by atoms with van der Waals surface area (Å²) >= 11 is 0. The van der Waals surface area contributed by atoms with Crippen molar-refractivity contribution >= 4 is 11.4 Å². The van der Waals surface area contributed by atoms with Crippen LogP contribution in [0.1, 0.15) is 32.6 Å². The summed E-state index contributed by atoms with van der Waals surface area (Å²) in [7, 11) is 1.68. The van der Waals surface area contributed by atoms with E-state index in [-0.39, 0.29) is 0 Å². The Balaban J connectivity index is 1.57. The molecule has 2 N–H and O–H groups in total. The summed E-state index contributed by atoms with van der Waals surface area (Å²) in [5, 5.41) is 0. The van der Waals surface area contributed by atoms with Crippen molar-refractivity contribution in [2.75, 3.05) is 43.9 Å². The van der Waals surface area contributed by atoms with Crippen LogP contribution >= 0.6 is 0 Å². The number of hydrogen-bond acceptors (Lipinski definition) is 4. The normalized spacial score (nSPS) is 22.0. The highest BCUT2D eigenvalue weighted by molar-refractivity contribution is 5.62. The molecule has 0 bridgehead atoms. The highest BCUT2D eigenvalue weighted by Gasteiger charge is 2.27. The fourth-order valence-electron chi connectivity index (χ4n) is 3.78. The van der Waals surface area contributed by atoms with E-state index in [1.165, 1.54) is 44.5 Å². The number of piperidine rings is 2. The van der Waals surface area contributed by atoms with Gasteiger partial charge in [0.15, 0.2) is 0 Å². The van der Waals surface area contributed by atoms with E-state index in [4.69, 9.17) is 10.5 Å². The van der Waals surface area contributed by atoms with Crippen molar-refractivity contribution in [2.24, 2.45) is 5.92 Å². The van der Waals surface area contributed by atoms with Crippen LogP contribution in [0.5, 0.6) is 5.75 Å². The molecule has 122 valence electrons. The van der Waals surface area contributed by atoms with Crippen molar-refractivity contribution in [1.29, 1.82) is 0 Å². The van der Waals surface area contributed by atoms with Crippen LogP contribution in [0.2, 0.25) is 0 Å². The van der Waals surface area contributed by atoms with Gasteiger partial charge < -0.3 is 20.3 Å². The van der Waals surface area contributed by atoms with Gasteiger partial charge in [-0.15, -0.1) is 0 Å². The molecule has 0 aromatic heterocycles. The minimum Gasteiger partial charge on any atom is -0.495 e. The zero-order valence-corrected chi connectivity index (χ0v) is 13.9. The number of benzene rings is 1. The van der Waals surface area contributed by atoms with Crippen molar-refractivity contribution in [3.05, 3.63) is 18.2 Å². The summed E-state index contributed by atoms with van der Waals surface area (Å²) in [5.74, 6) is 1.70. The number of ether oxygens (including phenoxy) is 1. The lowest BCUT2D eigenvalue weighted by Crippen LogP contribution is -2.47. The monoisotopic (exact) mass is 303 g/mol. The number of likely N-dealkylation sites (tertiary alicyclic amines) is 1. The molecular weight excluding hydrogens is 274 g/mol. The van der Waals surface area contributed by atoms with E-state index in [1.54, 1.807) is 7.11 Å². The number of nitrogens with zero attached hydrogens (tertiary/aromatic N) is 2. The molecule has 3 rings (SSSR count). The van der Waals surface area contributed by atoms with Crippen LogP contribution in [0.25, 0.3) is 0 Å². The van der Waals surface area contributed by atoms with Gasteiger partial charge >= 0.3 is 0 Å². The molecule has 0 saturated carbocycles. The van der Waals surface area contributed by atoms with E-state index in [2.05, 4.69) is 28.9 Å². The molecule has 2 aliphatic rings. The number of hydrogen-bond donors (Lipinski definition) is 1. The first-order chi connectivity index (χ1) is 10.7. The highest BCUT2D eigenvalue weighted by Crippen LogP contribution is 2.30. The highest BCUT2D eigenvalue weighted by atomic mass is 16.5. The van der Waals surface area contributed by atoms with Crippen LogP contribution in [0.3, 0.4) is 0 Å². The maximum Gasteiger partial charge on any atom is 0.143 e. The molecule has 0 spiro atoms. The first-order valence-corrected chi connectivity index (χ1v) is 8.60. The largest absolute Gasteiger partial charge is 0.495 e. The molecule has 4 nitrogen and oxygen atoms in total. The number of nitrogens with two attached hydrogens (primary N) is 1. The topological polar surface area (TPSA) is 41.7 Å². The molecule has 2 saturated heterocycles. The third-order valence-electron chi connectivity index (χ3n) is 5.38. The van der Waals surface area contributed by atoms with Crippen molar-refractivity contribution < 1.29 is 4.74 Å². The Bertz CT molecular complexity index is 489. The second-order valence-corrected chi connectivity index (χ2v) is 6.86. The quantitative estimate of drug-likeness (QED) is 0.872. The first kappa shape index (κ1) is 15.5. The number of methoxy groups -OCH3 is 1. The zero-order valence-electron chi connectivity index (χ0n) is 13.9. The van der Waals surface area contributed by atoms with Gasteiger partial charge in [0.1, 0.15) is 5.75 Å². The summed E-state index contributed by atoms with van der Waals surface area (Å²) in [6.07, 6.45) is 5.27. The van der Waals surface area contributed by atoms with Crippen molar-refractivity contribution in [3.8, 4) is 5.75 Å². The summed E-state index contributed by atoms with van der Waals surface area (Å²) in [4.78, 5) is 5.19. The summed E-state index contributed by atoms with van der Waals surface area (Å²) < 4.78 is 5.34. The molecule has 0 atom stereocenters. The smallest absolute Gasteiger partial charge is 0.143 e. The lowest BCUT2D eigenvalue weighted by Gasteiger charge is -2.42. The lowest BCUT2D eigenvalue weighted by atomic mass is 9.95. The fraction of sp³-hybridized carbons (Fsp3) is 0.667. The standard InChI is InChI=1S/C18H29N3O/c1-14-5-9-20(10-6-14)15-7-11-21(12-8-15)16-3-4-17(19)18(13-16)22-2/h3-4,13-15H,5-12,19H2,1-2H3. The van der Waals surface area contributed by atoms with Crippen LogP contribution < -0.4 is 15.4 Å². The van der Waals surface area contributed by atoms with Gasteiger partial charge in [0.05, 0.1) is 12.8 Å². The Morgan fingerprint density at radius 3 is 2.36 bits per heavy atom. The van der Waals surface area contributed by atoms with Crippen LogP contribution in [0, 0.1) is 5.92 Å². The second kappa shape index (κ2) is 6.78. The number of anilines is 2. The number of rotatable bonds is 3. The Hall–Kier alpha value is -1.42. The molecule has 22 heavy (non-hydrogen) atoms. The van der Waals surface area contributed by atoms with Gasteiger partial charge in [-0.1, -0.05) is 6.92 Å². The van der Waals surface area contributed by atoms with E-state index >= 15 is 0 Å². The van der Waals surface area contributed by atoms with E-state index in [1.807, 2.05) is 6.07 Å². The van der Waals surface area contributed by atoms with E-state index in [0.717, 1.165) is 30.8 Å². The minimum absolute atomic E-state index is 0.712. The van der Waals surface area contributed by atoms with Crippen LogP contribution in [0.4, 0.5) is 11.4 Å². The number of nitrogen functional groups attached to an aromatic ring is 1. The van der Waals surface area contributed by atoms with Gasteiger partial charge in [0.25, 0.3) is 0 Å². The zero-order chi connectivity index (χ0) is 15.5. The van der Waals surface area contributed by atoms with Crippen LogP contribution in [0.15, 0.2) is 18.2 Å². The van der Waals surface area contributed by atoms with E-state index in [0.29, 0.717) is 5.69 Å². The fourth-order valence-corrected chi connectivity index (χ4v) is 3.78. The Morgan fingerprint density at radius 2 is 1.73 bits per heavy atom. The minimum atomic E-state index is 0.712. The molecule has 1 aromatic rings. The lowest BCUT2D eigenvalue weighted by molar-refractivity contribution is 0.120. The SMILES string of the molecule is COc1cc(N2CCC(N3CCC(C)CC3)CC2)ccc1N. The molecular formula is C18H29N3O. The van der Waals surface area contributed by atoms with Crippen molar-refractivity contribution in [2.45, 2.75) is 38.6 Å². The summed E-state index contributed by atoms with van der Waals surface area (Å²) in [5.41, 5.74) is 7.85. The molecule has 2 fully saturated rings. The van der Waals surface area contributed by atoms with Gasteiger partial charge in [-0.25, -0.2) is 0 Å². The maximum atomic E-state index is 5.91. The first-order valence-electron chi connectivity index (χ1n) is 8.60. The third kappa shape index (κ3) is 3.32. The molecule has 2 aliphatic heterocycles. The van der Waals surface area contributed by atoms with Crippen molar-refractivity contribution in [3.63, 3.8) is 0 Å². The predicted octanol–water partition coefficient (Wildman–Crippen LogP) is 2.98. The average Bonchev–Trinajstić information content (AvgIpc) is 2.56.